The van der Waals surface area contributed by atoms with Crippen LogP contribution in [0.25, 0.3) is 0 Å². The van der Waals surface area contributed by atoms with Gasteiger partial charge in [-0.25, -0.2) is 0 Å². The molecule has 0 saturated heterocycles. The fourth-order valence-electron chi connectivity index (χ4n) is 0.642. The van der Waals surface area contributed by atoms with E-state index in [4.69, 9.17) is 0 Å². The Morgan fingerprint density at radius 3 is 1.71 bits per heavy atom. The topological polar surface area (TPSA) is 0 Å². The molecule has 76 valence electrons. The number of rotatable bonds is 1. The molecule has 2 radical (unpaired) electrons. The van der Waals surface area contributed by atoms with E-state index >= 15 is 0 Å². The van der Waals surface area contributed by atoms with Gasteiger partial charge in [0.1, 0.15) is 0 Å². The van der Waals surface area contributed by atoms with Gasteiger partial charge in [-0.15, -0.1) is 6.08 Å². The Balaban J connectivity index is -0.0000000339. The first-order valence-electron chi connectivity index (χ1n) is 4.02. The van der Waals surface area contributed by atoms with E-state index in [9.17, 15) is 0 Å². The van der Waals surface area contributed by atoms with Gasteiger partial charge in [-0.05, 0) is 0 Å². The quantitative estimate of drug-likeness (QED) is 0.381. The summed E-state index contributed by atoms with van der Waals surface area (Å²) < 4.78 is 0. The van der Waals surface area contributed by atoms with Crippen LogP contribution in [0.2, 0.25) is 0 Å². The van der Waals surface area contributed by atoms with E-state index in [1.165, 1.54) is 19.3 Å². The van der Waals surface area contributed by atoms with Crippen molar-refractivity contribution >= 4 is 0 Å². The molecule has 0 spiro atoms. The van der Waals surface area contributed by atoms with Gasteiger partial charge in [0.15, 0.2) is 0 Å². The van der Waals surface area contributed by atoms with Gasteiger partial charge < -0.3 is 13.0 Å². The molecule has 1 rings (SSSR count). The van der Waals surface area contributed by atoms with Crippen LogP contribution < -0.4 is 0 Å². The molecule has 0 amide bonds. The van der Waals surface area contributed by atoms with E-state index in [1.54, 1.807) is 12.2 Å². The first kappa shape index (κ1) is 24.4. The minimum Gasteiger partial charge on any atom is -0.521 e. The second-order valence-electron chi connectivity index (χ2n) is 2.04. The minimum absolute atomic E-state index is 0. The Morgan fingerprint density at radius 1 is 1.14 bits per heavy atom. The third-order valence-corrected chi connectivity index (χ3v) is 1.17. The summed E-state index contributed by atoms with van der Waals surface area (Å²) in [6.07, 6.45) is 13.8. The Bertz CT molecular complexity index is 120. The van der Waals surface area contributed by atoms with Crippen LogP contribution in [0.15, 0.2) is 44.0 Å². The summed E-state index contributed by atoms with van der Waals surface area (Å²) in [6.45, 7) is 13.7. The molecule has 2 heteroatoms. The van der Waals surface area contributed by atoms with Crippen molar-refractivity contribution in [1.29, 1.82) is 0 Å². The molecule has 0 fully saturated rings. The Labute approximate surface area is 141 Å². The average Bonchev–Trinajstić information content (AvgIpc) is 2.24. The number of allylic oxidation sites excluding steroid dienone is 4. The Morgan fingerprint density at radius 2 is 1.64 bits per heavy atom. The van der Waals surface area contributed by atoms with Crippen LogP contribution in [0.3, 0.4) is 0 Å². The molecule has 0 aliphatic heterocycles. The molecule has 0 aromatic heterocycles. The molecule has 0 heterocycles. The molecule has 0 N–H and O–H groups in total. The number of hydrogen-bond acceptors (Lipinski definition) is 0. The average molecular weight is 343 g/mol. The van der Waals surface area contributed by atoms with Crippen LogP contribution in [0.1, 0.15) is 20.7 Å². The Kier molecular flexibility index (Phi) is 51.0. The molecule has 0 atom stereocenters. The maximum atomic E-state index is 4.25. The monoisotopic (exact) mass is 343 g/mol. The zero-order valence-electron chi connectivity index (χ0n) is 8.86. The third-order valence-electron chi connectivity index (χ3n) is 1.17. The molecule has 14 heavy (non-hydrogen) atoms. The molecule has 0 aromatic rings. The summed E-state index contributed by atoms with van der Waals surface area (Å²) in [5, 5.41) is 0. The SMILES string of the molecule is C1=CCC[CH-]C1.C=CC=C.[2HH].[CH-]=C.[Y].[Y]. The van der Waals surface area contributed by atoms with Crippen molar-refractivity contribution in [3.63, 3.8) is 0 Å². The second kappa shape index (κ2) is 29.2. The van der Waals surface area contributed by atoms with Crippen LogP contribution in [-0.2, 0) is 65.4 Å². The van der Waals surface area contributed by atoms with E-state index in [0.717, 1.165) is 0 Å². The van der Waals surface area contributed by atoms with Gasteiger partial charge in [-0.3, -0.25) is 6.58 Å². The summed E-state index contributed by atoms with van der Waals surface area (Å²) in [5.74, 6) is 0. The molecule has 1 aliphatic carbocycles. The summed E-state index contributed by atoms with van der Waals surface area (Å²) in [5.41, 5.74) is 0. The zero-order chi connectivity index (χ0) is 9.66. The predicted octanol–water partition coefficient (Wildman–Crippen LogP) is 4.14. The van der Waals surface area contributed by atoms with Crippen LogP contribution in [0, 0.1) is 13.0 Å². The fraction of sp³-hybridized carbons (Fsp3) is 0.250. The van der Waals surface area contributed by atoms with Crippen molar-refractivity contribution in [3.05, 3.63) is 57.0 Å². The molecule has 1 aliphatic rings. The van der Waals surface area contributed by atoms with E-state index < -0.39 is 0 Å². The van der Waals surface area contributed by atoms with Crippen molar-refractivity contribution in [2.45, 2.75) is 19.3 Å². The van der Waals surface area contributed by atoms with Gasteiger partial charge in [0.25, 0.3) is 0 Å². The molecule has 0 nitrogen and oxygen atoms in total. The maximum Gasteiger partial charge on any atom is 0 e. The molecule has 0 unspecified atom stereocenters. The third kappa shape index (κ3) is 29.2. The molecule has 0 bridgehead atoms. The van der Waals surface area contributed by atoms with Crippen molar-refractivity contribution in [2.75, 3.05) is 0 Å². The minimum atomic E-state index is 0. The van der Waals surface area contributed by atoms with Gasteiger partial charge in [-0.1, -0.05) is 37.8 Å². The van der Waals surface area contributed by atoms with Gasteiger partial charge in [0, 0.05) is 66.8 Å². The van der Waals surface area contributed by atoms with Crippen LogP contribution >= 0.6 is 0 Å². The van der Waals surface area contributed by atoms with Gasteiger partial charge in [0.2, 0.25) is 0 Å². The summed E-state index contributed by atoms with van der Waals surface area (Å²) in [7, 11) is 0. The maximum absolute atomic E-state index is 4.25. The first-order valence-corrected chi connectivity index (χ1v) is 4.02. The van der Waals surface area contributed by atoms with Gasteiger partial charge in [0.05, 0.1) is 0 Å². The molecular weight excluding hydrogens is 322 g/mol. The molecule has 0 saturated carbocycles. The summed E-state index contributed by atoms with van der Waals surface area (Å²) in [6, 6.07) is 0. The van der Waals surface area contributed by atoms with Crippen LogP contribution in [-0.4, -0.2) is 0 Å². The van der Waals surface area contributed by atoms with Crippen LogP contribution in [0.4, 0.5) is 0 Å². The molecular formula is C12H20Y2-2. The smallest absolute Gasteiger partial charge is 0 e. The standard InChI is InChI=1S/C6H9.C4H6.C2H3.2Y.H2/c1-2-4-6-5-3-1;1-3-4-2;1-2;;;/h1-2,5H,3-4,6H2;3-4H,1-2H2;1H,2H2;;;1H/q-1;;-1;;;/i;;;;;1+1. The van der Waals surface area contributed by atoms with Crippen molar-refractivity contribution < 1.29 is 66.8 Å². The van der Waals surface area contributed by atoms with E-state index in [-0.39, 0.29) is 66.8 Å². The van der Waals surface area contributed by atoms with Gasteiger partial charge in [-0.2, -0.15) is 12.8 Å². The van der Waals surface area contributed by atoms with Crippen molar-refractivity contribution in [3.8, 4) is 0 Å². The van der Waals surface area contributed by atoms with Gasteiger partial charge >= 0.3 is 0 Å². The predicted molar refractivity (Wildman–Crippen MR) is 59.7 cm³/mol. The van der Waals surface area contributed by atoms with Crippen molar-refractivity contribution in [1.82, 2.24) is 0 Å². The molecule has 0 aromatic carbocycles. The second-order valence-corrected chi connectivity index (χ2v) is 2.04. The van der Waals surface area contributed by atoms with Crippen LogP contribution in [0.5, 0.6) is 0 Å². The Hall–Kier alpha value is 1.17. The van der Waals surface area contributed by atoms with E-state index in [0.29, 0.717) is 0 Å². The largest absolute Gasteiger partial charge is 0.521 e. The van der Waals surface area contributed by atoms with Crippen molar-refractivity contribution in [2.24, 2.45) is 0 Å². The number of hydrogen-bond donors (Lipinski definition) is 0. The first-order chi connectivity index (χ1) is 5.91. The summed E-state index contributed by atoms with van der Waals surface area (Å²) in [4.78, 5) is 0. The van der Waals surface area contributed by atoms with E-state index in [2.05, 4.69) is 44.9 Å². The fourth-order valence-corrected chi connectivity index (χ4v) is 0.642. The summed E-state index contributed by atoms with van der Waals surface area (Å²) >= 11 is 0. The zero-order valence-corrected chi connectivity index (χ0v) is 14.5. The normalized spacial score (nSPS) is 10.9. The van der Waals surface area contributed by atoms with E-state index in [1.807, 2.05) is 0 Å².